The van der Waals surface area contributed by atoms with Gasteiger partial charge in [-0.25, -0.2) is 0 Å². The molecule has 1 aliphatic rings. The summed E-state index contributed by atoms with van der Waals surface area (Å²) >= 11 is 0. The Morgan fingerprint density at radius 1 is 1.50 bits per heavy atom. The summed E-state index contributed by atoms with van der Waals surface area (Å²) in [6, 6.07) is 0. The van der Waals surface area contributed by atoms with Gasteiger partial charge in [0.05, 0.1) is 12.7 Å². The molecular weight excluding hydrogens is 206 g/mol. The zero-order valence-electron chi connectivity index (χ0n) is 10.3. The Balaban J connectivity index is 2.39. The zero-order chi connectivity index (χ0) is 12.0. The molecular formula is C12H23NO3. The minimum absolute atomic E-state index is 0.257. The maximum absolute atomic E-state index is 11.2. The molecule has 4 heteroatoms. The molecule has 1 aliphatic carbocycles. The standard InChI is InChI=1S/C12H23NO3/c1-3-8-13-12(2,11(14)15)9-16-10-6-4-5-7-10/h10,13H,3-9H2,1-2H3,(H,14,15). The third kappa shape index (κ3) is 3.76. The van der Waals surface area contributed by atoms with Gasteiger partial charge >= 0.3 is 5.97 Å². The number of rotatable bonds is 7. The van der Waals surface area contributed by atoms with Crippen LogP contribution in [0.4, 0.5) is 0 Å². The Labute approximate surface area is 97.4 Å². The first kappa shape index (κ1) is 13.5. The number of hydrogen-bond acceptors (Lipinski definition) is 3. The van der Waals surface area contributed by atoms with Gasteiger partial charge in [0.15, 0.2) is 0 Å². The van der Waals surface area contributed by atoms with Crippen LogP contribution >= 0.6 is 0 Å². The highest BCUT2D eigenvalue weighted by Crippen LogP contribution is 2.22. The zero-order valence-corrected chi connectivity index (χ0v) is 10.3. The van der Waals surface area contributed by atoms with Gasteiger partial charge in [-0.05, 0) is 32.7 Å². The molecule has 1 unspecified atom stereocenters. The van der Waals surface area contributed by atoms with E-state index in [0.29, 0.717) is 6.54 Å². The van der Waals surface area contributed by atoms with Crippen molar-refractivity contribution < 1.29 is 14.6 Å². The van der Waals surface area contributed by atoms with Crippen LogP contribution in [0.1, 0.15) is 46.0 Å². The first-order valence-corrected chi connectivity index (χ1v) is 6.18. The monoisotopic (exact) mass is 229 g/mol. The molecule has 0 bridgehead atoms. The van der Waals surface area contributed by atoms with Crippen LogP contribution in [0, 0.1) is 0 Å². The normalized spacial score (nSPS) is 20.9. The topological polar surface area (TPSA) is 58.6 Å². The fourth-order valence-corrected chi connectivity index (χ4v) is 1.93. The van der Waals surface area contributed by atoms with E-state index in [1.165, 1.54) is 12.8 Å². The van der Waals surface area contributed by atoms with E-state index >= 15 is 0 Å². The van der Waals surface area contributed by atoms with Gasteiger partial charge in [0, 0.05) is 0 Å². The molecule has 0 amide bonds. The van der Waals surface area contributed by atoms with Gasteiger partial charge in [-0.1, -0.05) is 19.8 Å². The molecule has 0 radical (unpaired) electrons. The van der Waals surface area contributed by atoms with Crippen molar-refractivity contribution in [2.75, 3.05) is 13.2 Å². The lowest BCUT2D eigenvalue weighted by Crippen LogP contribution is -2.53. The van der Waals surface area contributed by atoms with E-state index in [9.17, 15) is 9.90 Å². The van der Waals surface area contributed by atoms with Crippen molar-refractivity contribution in [1.29, 1.82) is 0 Å². The summed E-state index contributed by atoms with van der Waals surface area (Å²) in [7, 11) is 0. The summed E-state index contributed by atoms with van der Waals surface area (Å²) in [5, 5.41) is 12.2. The van der Waals surface area contributed by atoms with Crippen LogP contribution in [0.25, 0.3) is 0 Å². The molecule has 0 heterocycles. The summed E-state index contributed by atoms with van der Waals surface area (Å²) in [5.74, 6) is -0.834. The average molecular weight is 229 g/mol. The summed E-state index contributed by atoms with van der Waals surface area (Å²) in [6.07, 6.45) is 5.74. The van der Waals surface area contributed by atoms with Crippen molar-refractivity contribution in [2.24, 2.45) is 0 Å². The van der Waals surface area contributed by atoms with Crippen LogP contribution in [-0.4, -0.2) is 35.9 Å². The van der Waals surface area contributed by atoms with Gasteiger partial charge in [-0.2, -0.15) is 0 Å². The Morgan fingerprint density at radius 3 is 2.62 bits per heavy atom. The highest BCUT2D eigenvalue weighted by molar-refractivity contribution is 5.78. The van der Waals surface area contributed by atoms with Gasteiger partial charge < -0.3 is 15.2 Å². The molecule has 1 atom stereocenters. The van der Waals surface area contributed by atoms with Gasteiger partial charge in [-0.3, -0.25) is 4.79 Å². The van der Waals surface area contributed by atoms with Gasteiger partial charge in [-0.15, -0.1) is 0 Å². The lowest BCUT2D eigenvalue weighted by molar-refractivity contribution is -0.147. The number of carboxylic acids is 1. The summed E-state index contributed by atoms with van der Waals surface area (Å²) in [4.78, 5) is 11.2. The second kappa shape index (κ2) is 6.21. The molecule has 0 aliphatic heterocycles. The molecule has 1 rings (SSSR count). The predicted molar refractivity (Wildman–Crippen MR) is 62.5 cm³/mol. The van der Waals surface area contributed by atoms with Gasteiger partial charge in [0.25, 0.3) is 0 Å². The average Bonchev–Trinajstić information content (AvgIpc) is 2.76. The van der Waals surface area contributed by atoms with E-state index < -0.39 is 11.5 Å². The number of aliphatic carboxylic acids is 1. The smallest absolute Gasteiger partial charge is 0.326 e. The van der Waals surface area contributed by atoms with Crippen LogP contribution in [0.5, 0.6) is 0 Å². The van der Waals surface area contributed by atoms with Crippen LogP contribution in [0.3, 0.4) is 0 Å². The number of carboxylic acid groups (broad SMARTS) is 1. The van der Waals surface area contributed by atoms with E-state index in [4.69, 9.17) is 4.74 Å². The Hall–Kier alpha value is -0.610. The fraction of sp³-hybridized carbons (Fsp3) is 0.917. The Bertz CT molecular complexity index is 226. The molecule has 16 heavy (non-hydrogen) atoms. The van der Waals surface area contributed by atoms with E-state index in [1.807, 2.05) is 6.92 Å². The lowest BCUT2D eigenvalue weighted by Gasteiger charge is -2.27. The molecule has 1 fully saturated rings. The molecule has 0 aromatic rings. The molecule has 4 nitrogen and oxygen atoms in total. The van der Waals surface area contributed by atoms with Crippen molar-refractivity contribution in [2.45, 2.75) is 57.6 Å². The Morgan fingerprint density at radius 2 is 2.12 bits per heavy atom. The highest BCUT2D eigenvalue weighted by Gasteiger charge is 2.33. The minimum atomic E-state index is -0.946. The third-order valence-corrected chi connectivity index (χ3v) is 3.15. The van der Waals surface area contributed by atoms with Crippen molar-refractivity contribution in [1.82, 2.24) is 5.32 Å². The molecule has 0 saturated heterocycles. The summed E-state index contributed by atoms with van der Waals surface area (Å²) in [5.41, 5.74) is -0.946. The maximum Gasteiger partial charge on any atom is 0.326 e. The minimum Gasteiger partial charge on any atom is -0.480 e. The van der Waals surface area contributed by atoms with Crippen LogP contribution in [-0.2, 0) is 9.53 Å². The first-order valence-electron chi connectivity index (χ1n) is 6.18. The van der Waals surface area contributed by atoms with Crippen LogP contribution < -0.4 is 5.32 Å². The summed E-state index contributed by atoms with van der Waals surface area (Å²) in [6.45, 7) is 4.68. The largest absolute Gasteiger partial charge is 0.480 e. The quantitative estimate of drug-likeness (QED) is 0.698. The number of hydrogen-bond donors (Lipinski definition) is 2. The summed E-state index contributed by atoms with van der Waals surface area (Å²) < 4.78 is 5.68. The number of ether oxygens (including phenoxy) is 1. The van der Waals surface area contributed by atoms with Crippen molar-refractivity contribution in [3.63, 3.8) is 0 Å². The Kier molecular flexibility index (Phi) is 5.22. The van der Waals surface area contributed by atoms with E-state index in [1.54, 1.807) is 6.92 Å². The van der Waals surface area contributed by atoms with E-state index in [0.717, 1.165) is 19.3 Å². The fourth-order valence-electron chi connectivity index (χ4n) is 1.93. The molecule has 94 valence electrons. The molecule has 2 N–H and O–H groups in total. The van der Waals surface area contributed by atoms with Gasteiger partial charge in [0.1, 0.15) is 5.54 Å². The number of carbonyl (C=O) groups is 1. The van der Waals surface area contributed by atoms with Crippen molar-refractivity contribution in [3.05, 3.63) is 0 Å². The lowest BCUT2D eigenvalue weighted by atomic mass is 10.0. The molecule has 0 spiro atoms. The SMILES string of the molecule is CCCNC(C)(COC1CCCC1)C(=O)O. The molecule has 1 saturated carbocycles. The second-order valence-electron chi connectivity index (χ2n) is 4.78. The molecule has 0 aromatic heterocycles. The van der Waals surface area contributed by atoms with E-state index in [2.05, 4.69) is 5.32 Å². The van der Waals surface area contributed by atoms with E-state index in [-0.39, 0.29) is 12.7 Å². The first-order chi connectivity index (χ1) is 7.58. The van der Waals surface area contributed by atoms with Crippen LogP contribution in [0.15, 0.2) is 0 Å². The van der Waals surface area contributed by atoms with Crippen molar-refractivity contribution in [3.8, 4) is 0 Å². The van der Waals surface area contributed by atoms with Crippen LogP contribution in [0.2, 0.25) is 0 Å². The predicted octanol–water partition coefficient (Wildman–Crippen LogP) is 1.79. The second-order valence-corrected chi connectivity index (χ2v) is 4.78. The highest BCUT2D eigenvalue weighted by atomic mass is 16.5. The number of nitrogens with one attached hydrogen (secondary N) is 1. The maximum atomic E-state index is 11.2. The van der Waals surface area contributed by atoms with Crippen molar-refractivity contribution >= 4 is 5.97 Å². The third-order valence-electron chi connectivity index (χ3n) is 3.15. The molecule has 0 aromatic carbocycles. The van der Waals surface area contributed by atoms with Gasteiger partial charge in [0.2, 0.25) is 0 Å².